The highest BCUT2D eigenvalue weighted by molar-refractivity contribution is 5.94. The molecule has 0 amide bonds. The molecule has 0 spiro atoms. The third-order valence-electron chi connectivity index (χ3n) is 4.41. The van der Waals surface area contributed by atoms with Gasteiger partial charge in [0.15, 0.2) is 11.3 Å². The van der Waals surface area contributed by atoms with E-state index in [1.807, 2.05) is 0 Å². The van der Waals surface area contributed by atoms with Gasteiger partial charge in [0.1, 0.15) is 24.4 Å². The standard InChI is InChI=1S/C17H20O11/c1-24-15-12(23)16(25-2)14(6-3-4-8(19)27-13(6)15)28-17-11(22)10(21)9(20)7(5-18)26-17/h3-4,7,9-11,17-18,20-23H,5H2,1-2H3/t7-,9-,10+,11-,17+/m1/s1. The summed E-state index contributed by atoms with van der Waals surface area (Å²) in [7, 11) is 2.48. The Morgan fingerprint density at radius 3 is 2.29 bits per heavy atom. The zero-order valence-electron chi connectivity index (χ0n) is 14.9. The molecule has 2 heterocycles. The summed E-state index contributed by atoms with van der Waals surface area (Å²) in [5.74, 6) is -1.10. The maximum Gasteiger partial charge on any atom is 0.336 e. The summed E-state index contributed by atoms with van der Waals surface area (Å²) >= 11 is 0. The molecule has 5 atom stereocenters. The van der Waals surface area contributed by atoms with Crippen LogP contribution < -0.4 is 19.8 Å². The van der Waals surface area contributed by atoms with Crippen LogP contribution in [0.2, 0.25) is 0 Å². The van der Waals surface area contributed by atoms with Gasteiger partial charge >= 0.3 is 5.63 Å². The molecule has 28 heavy (non-hydrogen) atoms. The van der Waals surface area contributed by atoms with E-state index < -0.39 is 48.7 Å². The summed E-state index contributed by atoms with van der Waals surface area (Å²) < 4.78 is 26.3. The third kappa shape index (κ3) is 3.23. The first-order valence-corrected chi connectivity index (χ1v) is 8.22. The van der Waals surface area contributed by atoms with Crippen molar-refractivity contribution in [1.82, 2.24) is 0 Å². The van der Waals surface area contributed by atoms with E-state index in [9.17, 15) is 30.3 Å². The number of aromatic hydroxyl groups is 1. The van der Waals surface area contributed by atoms with Gasteiger partial charge in [-0.15, -0.1) is 0 Å². The summed E-state index contributed by atoms with van der Waals surface area (Å²) in [5, 5.41) is 49.9. The summed E-state index contributed by atoms with van der Waals surface area (Å²) in [6.45, 7) is -0.647. The van der Waals surface area contributed by atoms with Crippen molar-refractivity contribution < 1.29 is 48.9 Å². The SMILES string of the molecule is COc1c(O)c(OC)c2oc(=O)ccc2c1O[C@@H]1O[C@H](CO)[C@@H](O)[C@H](O)[C@H]1O. The molecule has 1 aliphatic heterocycles. The molecule has 1 aromatic heterocycles. The molecule has 1 aromatic carbocycles. The highest BCUT2D eigenvalue weighted by Crippen LogP contribution is 2.50. The van der Waals surface area contributed by atoms with Crippen molar-refractivity contribution in [3.8, 4) is 23.0 Å². The van der Waals surface area contributed by atoms with Gasteiger partial charge in [-0.3, -0.25) is 0 Å². The molecule has 0 aliphatic carbocycles. The van der Waals surface area contributed by atoms with Crippen LogP contribution in [0.15, 0.2) is 21.3 Å². The lowest BCUT2D eigenvalue weighted by molar-refractivity contribution is -0.277. The Bertz CT molecular complexity index is 906. The average Bonchev–Trinajstić information content (AvgIpc) is 2.68. The fraction of sp³-hybridized carbons (Fsp3) is 0.471. The van der Waals surface area contributed by atoms with Crippen molar-refractivity contribution in [2.45, 2.75) is 30.7 Å². The van der Waals surface area contributed by atoms with Gasteiger partial charge in [0.05, 0.1) is 26.2 Å². The number of aliphatic hydroxyl groups excluding tert-OH is 4. The van der Waals surface area contributed by atoms with E-state index in [1.165, 1.54) is 20.3 Å². The Balaban J connectivity index is 2.13. The average molecular weight is 400 g/mol. The van der Waals surface area contributed by atoms with E-state index in [0.29, 0.717) is 0 Å². The molecular weight excluding hydrogens is 380 g/mol. The van der Waals surface area contributed by atoms with Gasteiger partial charge in [-0.05, 0) is 6.07 Å². The molecule has 5 N–H and O–H groups in total. The molecule has 11 heteroatoms. The number of rotatable bonds is 5. The largest absolute Gasteiger partial charge is 0.501 e. The van der Waals surface area contributed by atoms with Crippen molar-refractivity contribution in [2.75, 3.05) is 20.8 Å². The van der Waals surface area contributed by atoms with Crippen LogP contribution in [-0.2, 0) is 4.74 Å². The Morgan fingerprint density at radius 1 is 1.00 bits per heavy atom. The Kier molecular flexibility index (Phi) is 5.63. The maximum absolute atomic E-state index is 11.6. The summed E-state index contributed by atoms with van der Waals surface area (Å²) in [5.41, 5.74) is -0.859. The molecule has 0 saturated carbocycles. The van der Waals surface area contributed by atoms with E-state index in [1.54, 1.807) is 0 Å². The highest BCUT2D eigenvalue weighted by atomic mass is 16.7. The van der Waals surface area contributed by atoms with E-state index >= 15 is 0 Å². The van der Waals surface area contributed by atoms with Crippen LogP contribution in [-0.4, -0.2) is 77.1 Å². The smallest absolute Gasteiger partial charge is 0.336 e. The third-order valence-corrected chi connectivity index (χ3v) is 4.41. The molecule has 154 valence electrons. The minimum atomic E-state index is -1.70. The number of fused-ring (bicyclic) bond motifs is 1. The van der Waals surface area contributed by atoms with E-state index in [2.05, 4.69) is 0 Å². The molecule has 2 aromatic rings. The second-order valence-corrected chi connectivity index (χ2v) is 6.06. The van der Waals surface area contributed by atoms with Gasteiger partial charge in [0.25, 0.3) is 0 Å². The number of phenolic OH excluding ortho intramolecular Hbond substituents is 1. The van der Waals surface area contributed by atoms with Crippen molar-refractivity contribution in [3.05, 3.63) is 22.6 Å². The van der Waals surface area contributed by atoms with Gasteiger partial charge in [-0.2, -0.15) is 0 Å². The normalized spacial score (nSPS) is 27.6. The van der Waals surface area contributed by atoms with E-state index in [4.69, 9.17) is 23.4 Å². The van der Waals surface area contributed by atoms with Crippen LogP contribution in [0.4, 0.5) is 0 Å². The number of aliphatic hydroxyl groups is 4. The van der Waals surface area contributed by atoms with Crippen molar-refractivity contribution in [1.29, 1.82) is 0 Å². The topological polar surface area (TPSA) is 168 Å². The van der Waals surface area contributed by atoms with Crippen LogP contribution >= 0.6 is 0 Å². The number of phenols is 1. The lowest BCUT2D eigenvalue weighted by atomic mass is 9.99. The maximum atomic E-state index is 11.6. The molecule has 0 radical (unpaired) electrons. The minimum absolute atomic E-state index is 0.142. The zero-order valence-corrected chi connectivity index (χ0v) is 14.9. The summed E-state index contributed by atoms with van der Waals surface area (Å²) in [6, 6.07) is 2.42. The predicted octanol–water partition coefficient (Wildman–Crippen LogP) is -1.31. The number of hydrogen-bond donors (Lipinski definition) is 5. The first-order chi connectivity index (χ1) is 13.3. The molecule has 11 nitrogen and oxygen atoms in total. The Labute approximate surface area is 157 Å². The fourth-order valence-electron chi connectivity index (χ4n) is 2.98. The van der Waals surface area contributed by atoms with E-state index in [-0.39, 0.29) is 28.2 Å². The Hall–Kier alpha value is -2.57. The van der Waals surface area contributed by atoms with E-state index in [0.717, 1.165) is 6.07 Å². The summed E-state index contributed by atoms with van der Waals surface area (Å²) in [4.78, 5) is 11.6. The molecule has 1 aliphatic rings. The number of ether oxygens (including phenoxy) is 4. The monoisotopic (exact) mass is 400 g/mol. The first-order valence-electron chi connectivity index (χ1n) is 8.22. The zero-order chi connectivity index (χ0) is 20.6. The van der Waals surface area contributed by atoms with Crippen molar-refractivity contribution in [3.63, 3.8) is 0 Å². The van der Waals surface area contributed by atoms with Gasteiger partial charge in [0, 0.05) is 6.07 Å². The number of benzene rings is 1. The van der Waals surface area contributed by atoms with Crippen LogP contribution in [0.3, 0.4) is 0 Å². The first kappa shape index (κ1) is 20.2. The predicted molar refractivity (Wildman–Crippen MR) is 91.6 cm³/mol. The minimum Gasteiger partial charge on any atom is -0.501 e. The quantitative estimate of drug-likeness (QED) is 0.378. The number of hydrogen-bond acceptors (Lipinski definition) is 11. The van der Waals surface area contributed by atoms with Gasteiger partial charge < -0.3 is 48.9 Å². The summed E-state index contributed by atoms with van der Waals surface area (Å²) in [6.07, 6.45) is -7.69. The molecule has 0 unspecified atom stereocenters. The highest BCUT2D eigenvalue weighted by Gasteiger charge is 2.45. The van der Waals surface area contributed by atoms with Crippen molar-refractivity contribution in [2.24, 2.45) is 0 Å². The molecular formula is C17H20O11. The second kappa shape index (κ2) is 7.81. The van der Waals surface area contributed by atoms with Crippen LogP contribution in [0, 0.1) is 0 Å². The number of methoxy groups -OCH3 is 2. The Morgan fingerprint density at radius 2 is 1.68 bits per heavy atom. The molecule has 3 rings (SSSR count). The molecule has 1 fully saturated rings. The van der Waals surface area contributed by atoms with Gasteiger partial charge in [-0.25, -0.2) is 4.79 Å². The lowest BCUT2D eigenvalue weighted by Gasteiger charge is -2.39. The van der Waals surface area contributed by atoms with Crippen LogP contribution in [0.1, 0.15) is 0 Å². The lowest BCUT2D eigenvalue weighted by Crippen LogP contribution is -2.60. The molecule has 0 bridgehead atoms. The fourth-order valence-corrected chi connectivity index (χ4v) is 2.98. The van der Waals surface area contributed by atoms with Gasteiger partial charge in [-0.1, -0.05) is 0 Å². The van der Waals surface area contributed by atoms with Crippen LogP contribution in [0.25, 0.3) is 11.0 Å². The molecule has 1 saturated heterocycles. The van der Waals surface area contributed by atoms with Crippen LogP contribution in [0.5, 0.6) is 23.0 Å². The second-order valence-electron chi connectivity index (χ2n) is 6.06. The van der Waals surface area contributed by atoms with Gasteiger partial charge in [0.2, 0.25) is 23.5 Å². The van der Waals surface area contributed by atoms with Crippen molar-refractivity contribution >= 4 is 11.0 Å².